The summed E-state index contributed by atoms with van der Waals surface area (Å²) in [7, 11) is 2.08. The quantitative estimate of drug-likeness (QED) is 0.772. The van der Waals surface area contributed by atoms with Crippen molar-refractivity contribution in [2.24, 2.45) is 11.3 Å². The summed E-state index contributed by atoms with van der Waals surface area (Å²) in [6, 6.07) is 0.217. The molecule has 0 heterocycles. The van der Waals surface area contributed by atoms with Crippen LogP contribution < -0.4 is 0 Å². The van der Waals surface area contributed by atoms with Gasteiger partial charge in [-0.25, -0.2) is 0 Å². The van der Waals surface area contributed by atoms with Crippen LogP contribution in [0.1, 0.15) is 52.9 Å². The zero-order valence-electron chi connectivity index (χ0n) is 11.7. The van der Waals surface area contributed by atoms with Crippen LogP contribution in [0.5, 0.6) is 0 Å². The third kappa shape index (κ3) is 4.66. The van der Waals surface area contributed by atoms with Gasteiger partial charge in [-0.05, 0) is 25.3 Å². The fraction of sp³-hybridized carbons (Fsp3) is 0.929. The predicted molar refractivity (Wildman–Crippen MR) is 70.1 cm³/mol. The van der Waals surface area contributed by atoms with Crippen LogP contribution in [0.4, 0.5) is 0 Å². The molecular weight excluding hydrogens is 214 g/mol. The molecule has 0 aliphatic heterocycles. The number of hydrogen-bond acceptors (Lipinski definition) is 2. The van der Waals surface area contributed by atoms with Gasteiger partial charge >= 0.3 is 5.97 Å². The molecule has 2 atom stereocenters. The molecule has 0 amide bonds. The second-order valence-corrected chi connectivity index (χ2v) is 6.63. The molecule has 0 aromatic carbocycles. The first-order valence-corrected chi connectivity index (χ1v) is 6.74. The maximum atomic E-state index is 11.4. The van der Waals surface area contributed by atoms with Crippen LogP contribution in [0.15, 0.2) is 0 Å². The minimum absolute atomic E-state index is 0.176. The molecule has 1 aliphatic carbocycles. The van der Waals surface area contributed by atoms with Crippen molar-refractivity contribution in [3.8, 4) is 0 Å². The molecule has 1 N–H and O–H groups in total. The van der Waals surface area contributed by atoms with Gasteiger partial charge in [0.1, 0.15) is 0 Å². The Morgan fingerprint density at radius 2 is 1.82 bits per heavy atom. The van der Waals surface area contributed by atoms with Crippen LogP contribution in [0.2, 0.25) is 0 Å². The van der Waals surface area contributed by atoms with Gasteiger partial charge < -0.3 is 10.0 Å². The lowest BCUT2D eigenvalue weighted by atomic mass is 9.90. The summed E-state index contributed by atoms with van der Waals surface area (Å²) in [5.74, 6) is -0.789. The van der Waals surface area contributed by atoms with Gasteiger partial charge in [0.25, 0.3) is 0 Å². The molecule has 3 heteroatoms. The van der Waals surface area contributed by atoms with Crippen LogP contribution in [0, 0.1) is 11.3 Å². The molecule has 1 fully saturated rings. The van der Waals surface area contributed by atoms with Crippen LogP contribution in [-0.2, 0) is 4.79 Å². The van der Waals surface area contributed by atoms with Crippen molar-refractivity contribution in [2.45, 2.75) is 58.9 Å². The van der Waals surface area contributed by atoms with E-state index in [2.05, 4.69) is 32.7 Å². The van der Waals surface area contributed by atoms with E-state index in [9.17, 15) is 9.90 Å². The summed E-state index contributed by atoms with van der Waals surface area (Å²) >= 11 is 0. The highest BCUT2D eigenvalue weighted by molar-refractivity contribution is 5.70. The number of nitrogens with zero attached hydrogens (tertiary/aromatic N) is 1. The minimum Gasteiger partial charge on any atom is -0.481 e. The zero-order valence-corrected chi connectivity index (χ0v) is 11.7. The van der Waals surface area contributed by atoms with Crippen molar-refractivity contribution in [3.63, 3.8) is 0 Å². The molecule has 0 aromatic heterocycles. The Morgan fingerprint density at radius 3 is 2.35 bits per heavy atom. The van der Waals surface area contributed by atoms with E-state index in [0.717, 1.165) is 25.8 Å². The van der Waals surface area contributed by atoms with Gasteiger partial charge in [0.05, 0.1) is 5.92 Å². The topological polar surface area (TPSA) is 40.5 Å². The van der Waals surface area contributed by atoms with Gasteiger partial charge in [-0.1, -0.05) is 40.0 Å². The van der Waals surface area contributed by atoms with Gasteiger partial charge in [0, 0.05) is 12.6 Å². The Kier molecular flexibility index (Phi) is 4.99. The highest BCUT2D eigenvalue weighted by atomic mass is 16.4. The first-order chi connectivity index (χ1) is 7.81. The van der Waals surface area contributed by atoms with Crippen LogP contribution in [0.3, 0.4) is 0 Å². The second-order valence-electron chi connectivity index (χ2n) is 6.63. The SMILES string of the molecule is CN(CC(C)(C)C)C1CCCCCC1C(=O)O. The number of carboxylic acids is 1. The lowest BCUT2D eigenvalue weighted by molar-refractivity contribution is -0.144. The van der Waals surface area contributed by atoms with Gasteiger partial charge in [0.2, 0.25) is 0 Å². The van der Waals surface area contributed by atoms with E-state index in [-0.39, 0.29) is 17.4 Å². The number of rotatable bonds is 3. The van der Waals surface area contributed by atoms with E-state index in [1.807, 2.05) is 0 Å². The standard InChI is InChI=1S/C14H27NO2/c1-14(2,3)10-15(4)12-9-7-5-6-8-11(12)13(16)17/h11-12H,5-10H2,1-4H3,(H,16,17). The molecule has 2 unspecified atom stereocenters. The Labute approximate surface area is 105 Å². The second kappa shape index (κ2) is 5.85. The Balaban J connectivity index is 2.71. The number of carbonyl (C=O) groups is 1. The monoisotopic (exact) mass is 241 g/mol. The molecule has 3 nitrogen and oxygen atoms in total. The smallest absolute Gasteiger partial charge is 0.308 e. The molecule has 0 aromatic rings. The molecular formula is C14H27NO2. The van der Waals surface area contributed by atoms with Crippen LogP contribution in [-0.4, -0.2) is 35.6 Å². The summed E-state index contributed by atoms with van der Waals surface area (Å²) in [5.41, 5.74) is 0.226. The lowest BCUT2D eigenvalue weighted by Crippen LogP contribution is -2.44. The van der Waals surface area contributed by atoms with Crippen molar-refractivity contribution in [2.75, 3.05) is 13.6 Å². The third-order valence-electron chi connectivity index (χ3n) is 3.59. The maximum absolute atomic E-state index is 11.4. The fourth-order valence-corrected chi connectivity index (χ4v) is 2.97. The van der Waals surface area contributed by atoms with Crippen LogP contribution in [0.25, 0.3) is 0 Å². The predicted octanol–water partition coefficient (Wildman–Crippen LogP) is 3.00. The Morgan fingerprint density at radius 1 is 1.24 bits per heavy atom. The van der Waals surface area contributed by atoms with Gasteiger partial charge in [-0.2, -0.15) is 0 Å². The first-order valence-electron chi connectivity index (χ1n) is 6.74. The Hall–Kier alpha value is -0.570. The third-order valence-corrected chi connectivity index (χ3v) is 3.59. The molecule has 100 valence electrons. The normalized spacial score (nSPS) is 26.9. The first kappa shape index (κ1) is 14.5. The number of carboxylic acid groups (broad SMARTS) is 1. The van der Waals surface area contributed by atoms with Crippen LogP contribution >= 0.6 is 0 Å². The van der Waals surface area contributed by atoms with Crippen molar-refractivity contribution in [3.05, 3.63) is 0 Å². The summed E-state index contributed by atoms with van der Waals surface area (Å²) in [6.07, 6.45) is 5.29. The van der Waals surface area contributed by atoms with E-state index in [1.54, 1.807) is 0 Å². The van der Waals surface area contributed by atoms with Gasteiger partial charge in [0.15, 0.2) is 0 Å². The van der Waals surface area contributed by atoms with E-state index < -0.39 is 5.97 Å². The summed E-state index contributed by atoms with van der Waals surface area (Å²) in [4.78, 5) is 13.6. The van der Waals surface area contributed by atoms with E-state index in [0.29, 0.717) is 0 Å². The molecule has 0 bridgehead atoms. The maximum Gasteiger partial charge on any atom is 0.308 e. The molecule has 0 saturated heterocycles. The summed E-state index contributed by atoms with van der Waals surface area (Å²) < 4.78 is 0. The van der Waals surface area contributed by atoms with E-state index >= 15 is 0 Å². The largest absolute Gasteiger partial charge is 0.481 e. The fourth-order valence-electron chi connectivity index (χ4n) is 2.97. The van der Waals surface area contributed by atoms with Crippen molar-refractivity contribution < 1.29 is 9.90 Å². The lowest BCUT2D eigenvalue weighted by Gasteiger charge is -2.35. The molecule has 0 radical (unpaired) electrons. The summed E-state index contributed by atoms with van der Waals surface area (Å²) in [6.45, 7) is 7.57. The van der Waals surface area contributed by atoms with Crippen molar-refractivity contribution >= 4 is 5.97 Å². The molecule has 0 spiro atoms. The molecule has 1 saturated carbocycles. The minimum atomic E-state index is -0.613. The number of aliphatic carboxylic acids is 1. The number of hydrogen-bond donors (Lipinski definition) is 1. The average Bonchev–Trinajstić information content (AvgIpc) is 2.39. The van der Waals surface area contributed by atoms with Crippen molar-refractivity contribution in [1.82, 2.24) is 4.90 Å². The van der Waals surface area contributed by atoms with Crippen molar-refractivity contribution in [1.29, 1.82) is 0 Å². The van der Waals surface area contributed by atoms with Gasteiger partial charge in [-0.15, -0.1) is 0 Å². The molecule has 1 rings (SSSR count). The Bertz CT molecular complexity index is 257. The molecule has 1 aliphatic rings. The zero-order chi connectivity index (χ0) is 13.1. The highest BCUT2D eigenvalue weighted by Crippen LogP contribution is 2.29. The highest BCUT2D eigenvalue weighted by Gasteiger charge is 2.33. The van der Waals surface area contributed by atoms with Gasteiger partial charge in [-0.3, -0.25) is 4.79 Å². The summed E-state index contributed by atoms with van der Waals surface area (Å²) in [5, 5.41) is 9.35. The van der Waals surface area contributed by atoms with E-state index in [4.69, 9.17) is 0 Å². The molecule has 17 heavy (non-hydrogen) atoms. The average molecular weight is 241 g/mol. The van der Waals surface area contributed by atoms with E-state index in [1.165, 1.54) is 12.8 Å².